The van der Waals surface area contributed by atoms with E-state index < -0.39 is 8.07 Å². The summed E-state index contributed by atoms with van der Waals surface area (Å²) in [5.74, 6) is 1.94. The summed E-state index contributed by atoms with van der Waals surface area (Å²) in [6.45, 7) is 11.7. The Morgan fingerprint density at radius 2 is 1.30 bits per heavy atom. The van der Waals surface area contributed by atoms with Crippen molar-refractivity contribution in [1.82, 2.24) is 0 Å². The van der Waals surface area contributed by atoms with E-state index in [1.165, 1.54) is 33.0 Å². The predicted molar refractivity (Wildman–Crippen MR) is 129 cm³/mol. The topological polar surface area (TPSA) is 18.5 Å². The fourth-order valence-electron chi connectivity index (χ4n) is 5.06. The average Bonchev–Trinajstić information content (AvgIpc) is 3.07. The Hall–Kier alpha value is -2.52. The number of methoxy groups -OCH3 is 2. The summed E-state index contributed by atoms with van der Waals surface area (Å²) < 4.78 is 11.9. The molecule has 0 unspecified atom stereocenters. The fraction of sp³-hybridized carbons (Fsp3) is 0.333. The molecule has 0 N–H and O–H groups in total. The van der Waals surface area contributed by atoms with E-state index in [9.17, 15) is 0 Å². The Bertz CT molecular complexity index is 1050. The Morgan fingerprint density at radius 3 is 1.77 bits per heavy atom. The van der Waals surface area contributed by atoms with Crippen molar-refractivity contribution in [3.05, 3.63) is 77.4 Å². The van der Waals surface area contributed by atoms with Gasteiger partial charge in [0, 0.05) is 11.1 Å². The van der Waals surface area contributed by atoms with Crippen LogP contribution in [0.2, 0.25) is 13.1 Å². The van der Waals surface area contributed by atoms with Crippen molar-refractivity contribution >= 4 is 13.3 Å². The van der Waals surface area contributed by atoms with Crippen LogP contribution in [0.1, 0.15) is 43.0 Å². The zero-order valence-electron chi connectivity index (χ0n) is 19.2. The van der Waals surface area contributed by atoms with Crippen LogP contribution in [0, 0.1) is 0 Å². The molecule has 0 amide bonds. The van der Waals surface area contributed by atoms with E-state index in [0.717, 1.165) is 11.5 Å². The van der Waals surface area contributed by atoms with E-state index in [4.69, 9.17) is 9.47 Å². The van der Waals surface area contributed by atoms with Crippen LogP contribution in [-0.4, -0.2) is 22.3 Å². The van der Waals surface area contributed by atoms with E-state index in [-0.39, 0.29) is 5.41 Å². The van der Waals surface area contributed by atoms with Crippen molar-refractivity contribution in [1.29, 1.82) is 0 Å². The molecule has 0 aromatic heterocycles. The third kappa shape index (κ3) is 3.16. The van der Waals surface area contributed by atoms with Gasteiger partial charge in [-0.15, -0.1) is 0 Å². The van der Waals surface area contributed by atoms with Gasteiger partial charge in [-0.25, -0.2) is 0 Å². The molecule has 3 aromatic carbocycles. The monoisotopic (exact) mass is 416 g/mol. The first-order valence-corrected chi connectivity index (χ1v) is 13.7. The molecule has 0 radical (unpaired) electrons. The molecular weight excluding hydrogens is 384 g/mol. The van der Waals surface area contributed by atoms with Crippen molar-refractivity contribution < 1.29 is 9.47 Å². The number of hydrogen-bond acceptors (Lipinski definition) is 2. The van der Waals surface area contributed by atoms with Gasteiger partial charge in [-0.1, -0.05) is 82.4 Å². The highest BCUT2D eigenvalue weighted by Gasteiger charge is 2.44. The second-order valence-electron chi connectivity index (χ2n) is 9.83. The van der Waals surface area contributed by atoms with Gasteiger partial charge >= 0.3 is 0 Å². The molecule has 0 fully saturated rings. The third-order valence-electron chi connectivity index (χ3n) is 6.56. The maximum atomic E-state index is 6.10. The van der Waals surface area contributed by atoms with E-state index in [1.54, 1.807) is 7.11 Å². The van der Waals surface area contributed by atoms with E-state index in [2.05, 4.69) is 94.5 Å². The number of fused-ring (bicyclic) bond motifs is 3. The molecule has 0 heterocycles. The first-order chi connectivity index (χ1) is 14.2. The number of ether oxygens (including phenoxy) is 2. The minimum Gasteiger partial charge on any atom is -0.497 e. The van der Waals surface area contributed by atoms with Gasteiger partial charge in [0.15, 0.2) is 0 Å². The zero-order chi connectivity index (χ0) is 21.7. The maximum absolute atomic E-state index is 6.10. The normalized spacial score (nSPS) is 13.7. The molecular formula is C27H32O2Si. The summed E-state index contributed by atoms with van der Waals surface area (Å²) in [5.41, 5.74) is 7.17. The van der Waals surface area contributed by atoms with E-state index >= 15 is 0 Å². The molecule has 1 aliphatic rings. The van der Waals surface area contributed by atoms with Crippen molar-refractivity contribution in [3.63, 3.8) is 0 Å². The van der Waals surface area contributed by atoms with Crippen LogP contribution in [0.5, 0.6) is 11.5 Å². The van der Waals surface area contributed by atoms with Gasteiger partial charge in [0.05, 0.1) is 22.3 Å². The van der Waals surface area contributed by atoms with Crippen LogP contribution in [0.25, 0.3) is 11.1 Å². The van der Waals surface area contributed by atoms with Crippen LogP contribution in [0.4, 0.5) is 0 Å². The smallest absolute Gasteiger partial charge is 0.122 e. The zero-order valence-corrected chi connectivity index (χ0v) is 20.2. The molecule has 4 rings (SSSR count). The largest absolute Gasteiger partial charge is 0.497 e. The van der Waals surface area contributed by atoms with Crippen molar-refractivity contribution in [2.45, 2.75) is 44.8 Å². The van der Waals surface area contributed by atoms with Gasteiger partial charge in [-0.05, 0) is 45.0 Å². The summed E-state index contributed by atoms with van der Waals surface area (Å²) in [4.78, 5) is 0. The molecule has 0 spiro atoms. The number of rotatable bonds is 4. The van der Waals surface area contributed by atoms with Crippen LogP contribution in [-0.2, 0) is 5.41 Å². The molecule has 0 saturated carbocycles. The molecule has 2 nitrogen and oxygen atoms in total. The van der Waals surface area contributed by atoms with E-state index in [1.807, 2.05) is 7.11 Å². The fourth-order valence-corrected chi connectivity index (χ4v) is 8.77. The Balaban J connectivity index is 2.00. The lowest BCUT2D eigenvalue weighted by atomic mass is 9.86. The maximum Gasteiger partial charge on any atom is 0.122 e. The summed E-state index contributed by atoms with van der Waals surface area (Å²) in [6.07, 6.45) is 0. The number of hydrogen-bond donors (Lipinski definition) is 0. The molecule has 0 saturated heterocycles. The van der Waals surface area contributed by atoms with Gasteiger partial charge < -0.3 is 9.47 Å². The summed E-state index contributed by atoms with van der Waals surface area (Å²) in [7, 11) is 1.49. The summed E-state index contributed by atoms with van der Waals surface area (Å²) in [6, 6.07) is 22.2. The summed E-state index contributed by atoms with van der Waals surface area (Å²) >= 11 is 0. The first kappa shape index (κ1) is 20.7. The molecule has 3 heteroatoms. The number of benzene rings is 3. The SMILES string of the molecule is COc1cc(C(C)(C)C)c(OC)c([Si](C)(C)C2c3ccccc3-c3ccccc32)c1. The minimum absolute atomic E-state index is 0.0371. The van der Waals surface area contributed by atoms with Crippen LogP contribution >= 0.6 is 0 Å². The highest BCUT2D eigenvalue weighted by atomic mass is 28.3. The standard InChI is InChI=1S/C27H32O2Si/c1-27(2,3)23-16-18(28-4)17-24(25(23)29-5)30(6,7)26-21-14-10-8-12-19(21)20-13-9-11-15-22(20)26/h8-17,26H,1-7H3. The average molecular weight is 417 g/mol. The lowest BCUT2D eigenvalue weighted by molar-refractivity contribution is 0.391. The van der Waals surface area contributed by atoms with Gasteiger partial charge in [-0.3, -0.25) is 0 Å². The molecule has 0 bridgehead atoms. The van der Waals surface area contributed by atoms with Gasteiger partial charge in [0.25, 0.3) is 0 Å². The van der Waals surface area contributed by atoms with Crippen LogP contribution in [0.15, 0.2) is 60.7 Å². The van der Waals surface area contributed by atoms with Crippen LogP contribution < -0.4 is 14.7 Å². The Labute approximate surface area is 181 Å². The Morgan fingerprint density at radius 1 is 0.767 bits per heavy atom. The van der Waals surface area contributed by atoms with Gasteiger partial charge in [0.1, 0.15) is 11.5 Å². The lowest BCUT2D eigenvalue weighted by Crippen LogP contribution is -2.48. The Kier molecular flexibility index (Phi) is 5.06. The second kappa shape index (κ2) is 7.31. The molecule has 3 aromatic rings. The predicted octanol–water partition coefficient (Wildman–Crippen LogP) is 6.27. The van der Waals surface area contributed by atoms with Crippen molar-refractivity contribution in [2.24, 2.45) is 0 Å². The highest BCUT2D eigenvalue weighted by Crippen LogP contribution is 2.49. The highest BCUT2D eigenvalue weighted by molar-refractivity contribution is 6.92. The molecule has 30 heavy (non-hydrogen) atoms. The third-order valence-corrected chi connectivity index (χ3v) is 10.4. The molecule has 0 aliphatic heterocycles. The molecule has 1 aliphatic carbocycles. The van der Waals surface area contributed by atoms with Gasteiger partial charge in [0.2, 0.25) is 0 Å². The van der Waals surface area contributed by atoms with Crippen LogP contribution in [0.3, 0.4) is 0 Å². The van der Waals surface area contributed by atoms with Crippen molar-refractivity contribution in [2.75, 3.05) is 14.2 Å². The molecule has 156 valence electrons. The minimum atomic E-state index is -2.08. The summed E-state index contributed by atoms with van der Waals surface area (Å²) in [5, 5.41) is 1.32. The van der Waals surface area contributed by atoms with Gasteiger partial charge in [-0.2, -0.15) is 0 Å². The second-order valence-corrected chi connectivity index (χ2v) is 14.4. The molecule has 0 atom stereocenters. The van der Waals surface area contributed by atoms with Crippen molar-refractivity contribution in [3.8, 4) is 22.6 Å². The van der Waals surface area contributed by atoms with E-state index in [0.29, 0.717) is 5.54 Å². The lowest BCUT2D eigenvalue weighted by Gasteiger charge is -2.35. The quantitative estimate of drug-likeness (QED) is 0.467. The first-order valence-electron chi connectivity index (χ1n) is 10.7.